The largest absolute Gasteiger partial charge is 0.490 e. The molecule has 0 spiro atoms. The lowest BCUT2D eigenvalue weighted by Crippen LogP contribution is -2.27. The van der Waals surface area contributed by atoms with Gasteiger partial charge in [-0.2, -0.15) is 0 Å². The average Bonchev–Trinajstić information content (AvgIpc) is 2.97. The molecule has 0 bridgehead atoms. The lowest BCUT2D eigenvalue weighted by molar-refractivity contribution is -0.113. The van der Waals surface area contributed by atoms with Crippen molar-refractivity contribution < 1.29 is 18.7 Å². The molecule has 30 heavy (non-hydrogen) atoms. The van der Waals surface area contributed by atoms with Gasteiger partial charge in [0.1, 0.15) is 5.82 Å². The van der Waals surface area contributed by atoms with Crippen LogP contribution in [0.4, 0.5) is 10.1 Å². The smallest absolute Gasteiger partial charge is 0.270 e. The van der Waals surface area contributed by atoms with Crippen molar-refractivity contribution >= 4 is 73.5 Å². The maximum atomic E-state index is 13.5. The second-order valence-corrected chi connectivity index (χ2v) is 9.16. The molecule has 0 aliphatic carbocycles. The van der Waals surface area contributed by atoms with Gasteiger partial charge in [0, 0.05) is 0 Å². The van der Waals surface area contributed by atoms with Crippen molar-refractivity contribution in [1.29, 1.82) is 0 Å². The SMILES string of the molecule is CCCOc1c(Br)cc(/C=C2\SC(=S)N(c3ccc(F)c(Cl)c3)C2=O)cc1OCC. The van der Waals surface area contributed by atoms with E-state index < -0.39 is 5.82 Å². The van der Waals surface area contributed by atoms with Crippen LogP contribution < -0.4 is 14.4 Å². The van der Waals surface area contributed by atoms with Crippen molar-refractivity contribution in [3.05, 3.63) is 56.1 Å². The Morgan fingerprint density at radius 2 is 2.03 bits per heavy atom. The summed E-state index contributed by atoms with van der Waals surface area (Å²) in [6.45, 7) is 4.96. The van der Waals surface area contributed by atoms with E-state index in [4.69, 9.17) is 33.3 Å². The minimum absolute atomic E-state index is 0.0708. The fourth-order valence-electron chi connectivity index (χ4n) is 2.74. The van der Waals surface area contributed by atoms with Crippen LogP contribution in [0.25, 0.3) is 6.08 Å². The number of thiocarbonyl (C=S) groups is 1. The zero-order valence-electron chi connectivity index (χ0n) is 16.2. The van der Waals surface area contributed by atoms with Crippen molar-refractivity contribution in [3.63, 3.8) is 0 Å². The van der Waals surface area contributed by atoms with Crippen molar-refractivity contribution in [2.75, 3.05) is 18.1 Å². The highest BCUT2D eigenvalue weighted by molar-refractivity contribution is 9.10. The Balaban J connectivity index is 1.94. The minimum Gasteiger partial charge on any atom is -0.490 e. The molecule has 0 atom stereocenters. The molecule has 2 aromatic rings. The van der Waals surface area contributed by atoms with Crippen LogP contribution in [0.15, 0.2) is 39.7 Å². The molecule has 1 heterocycles. The van der Waals surface area contributed by atoms with E-state index in [0.717, 1.165) is 16.5 Å². The molecule has 3 rings (SSSR count). The van der Waals surface area contributed by atoms with Crippen molar-refractivity contribution in [2.45, 2.75) is 20.3 Å². The molecule has 1 saturated heterocycles. The van der Waals surface area contributed by atoms with E-state index in [2.05, 4.69) is 15.9 Å². The lowest BCUT2D eigenvalue weighted by Gasteiger charge is -2.15. The molecule has 0 N–H and O–H groups in total. The number of anilines is 1. The van der Waals surface area contributed by atoms with Gasteiger partial charge in [-0.3, -0.25) is 9.69 Å². The number of carbonyl (C=O) groups excluding carboxylic acids is 1. The van der Waals surface area contributed by atoms with E-state index in [9.17, 15) is 9.18 Å². The van der Waals surface area contributed by atoms with Gasteiger partial charge in [-0.05, 0) is 71.2 Å². The highest BCUT2D eigenvalue weighted by Crippen LogP contribution is 2.40. The molecule has 2 aromatic carbocycles. The number of hydrogen-bond acceptors (Lipinski definition) is 5. The number of benzene rings is 2. The first-order valence-electron chi connectivity index (χ1n) is 9.17. The van der Waals surface area contributed by atoms with E-state index in [1.165, 1.54) is 34.9 Å². The molecule has 4 nitrogen and oxygen atoms in total. The van der Waals surface area contributed by atoms with Gasteiger partial charge >= 0.3 is 0 Å². The Labute approximate surface area is 197 Å². The van der Waals surface area contributed by atoms with Crippen LogP contribution in [0, 0.1) is 5.82 Å². The summed E-state index contributed by atoms with van der Waals surface area (Å²) in [5.74, 6) is 0.366. The van der Waals surface area contributed by atoms with Crippen molar-refractivity contribution in [1.82, 2.24) is 0 Å². The molecular formula is C21H18BrClFNO3S2. The number of nitrogens with zero attached hydrogens (tertiary/aromatic N) is 1. The van der Waals surface area contributed by atoms with Gasteiger partial charge in [0.2, 0.25) is 0 Å². The zero-order chi connectivity index (χ0) is 21.8. The van der Waals surface area contributed by atoms with Gasteiger partial charge in [0.15, 0.2) is 15.8 Å². The number of amides is 1. The molecule has 0 radical (unpaired) electrons. The molecule has 158 valence electrons. The van der Waals surface area contributed by atoms with E-state index >= 15 is 0 Å². The molecule has 1 aliphatic heterocycles. The van der Waals surface area contributed by atoms with Gasteiger partial charge in [-0.25, -0.2) is 4.39 Å². The first-order valence-corrected chi connectivity index (χ1v) is 11.6. The third-order valence-electron chi connectivity index (χ3n) is 4.04. The van der Waals surface area contributed by atoms with Crippen molar-refractivity contribution in [3.8, 4) is 11.5 Å². The predicted molar refractivity (Wildman–Crippen MR) is 128 cm³/mol. The third kappa shape index (κ3) is 4.99. The highest BCUT2D eigenvalue weighted by atomic mass is 79.9. The second kappa shape index (κ2) is 10.1. The van der Waals surface area contributed by atoms with Crippen LogP contribution in [0.5, 0.6) is 11.5 Å². The van der Waals surface area contributed by atoms with Gasteiger partial charge < -0.3 is 9.47 Å². The summed E-state index contributed by atoms with van der Waals surface area (Å²) in [7, 11) is 0. The Kier molecular flexibility index (Phi) is 7.79. The topological polar surface area (TPSA) is 38.8 Å². The quantitative estimate of drug-likeness (QED) is 0.290. The van der Waals surface area contributed by atoms with Crippen LogP contribution >= 0.6 is 51.5 Å². The zero-order valence-corrected chi connectivity index (χ0v) is 20.2. The highest BCUT2D eigenvalue weighted by Gasteiger charge is 2.33. The summed E-state index contributed by atoms with van der Waals surface area (Å²) in [5.41, 5.74) is 1.18. The van der Waals surface area contributed by atoms with Crippen LogP contribution in [-0.4, -0.2) is 23.4 Å². The summed E-state index contributed by atoms with van der Waals surface area (Å²) in [6.07, 6.45) is 2.61. The number of rotatable bonds is 7. The number of halogens is 3. The van der Waals surface area contributed by atoms with Gasteiger partial charge in [-0.15, -0.1) is 0 Å². The normalized spacial score (nSPS) is 15.2. The third-order valence-corrected chi connectivity index (χ3v) is 6.22. The summed E-state index contributed by atoms with van der Waals surface area (Å²) < 4.78 is 26.1. The van der Waals surface area contributed by atoms with E-state index in [-0.39, 0.29) is 10.9 Å². The van der Waals surface area contributed by atoms with Crippen molar-refractivity contribution in [2.24, 2.45) is 0 Å². The minimum atomic E-state index is -0.555. The van der Waals surface area contributed by atoms with Crippen LogP contribution in [0.1, 0.15) is 25.8 Å². The van der Waals surface area contributed by atoms with Gasteiger partial charge in [0.05, 0.1) is 33.3 Å². The Morgan fingerprint density at radius 3 is 2.70 bits per heavy atom. The Morgan fingerprint density at radius 1 is 1.27 bits per heavy atom. The molecule has 1 aliphatic rings. The standard InChI is InChI=1S/C21H18BrClFNO3S2/c1-3-7-28-19-14(22)8-12(9-17(19)27-4-2)10-18-20(26)25(21(29)30-18)13-5-6-16(24)15(23)11-13/h5-6,8-11H,3-4,7H2,1-2H3/b18-10-. The first kappa shape index (κ1) is 23.1. The molecule has 9 heteroatoms. The van der Waals surface area contributed by atoms with Gasteiger partial charge in [-0.1, -0.05) is 42.5 Å². The number of thioether (sulfide) groups is 1. The summed E-state index contributed by atoms with van der Waals surface area (Å²) in [4.78, 5) is 14.7. The maximum absolute atomic E-state index is 13.5. The first-order chi connectivity index (χ1) is 14.3. The molecule has 0 saturated carbocycles. The average molecular weight is 531 g/mol. The number of ether oxygens (including phenoxy) is 2. The summed E-state index contributed by atoms with van der Waals surface area (Å²) >= 11 is 15.9. The molecular weight excluding hydrogens is 513 g/mol. The molecule has 0 aromatic heterocycles. The Bertz CT molecular complexity index is 1030. The van der Waals surface area contributed by atoms with Crippen LogP contribution in [0.3, 0.4) is 0 Å². The van der Waals surface area contributed by atoms with Crippen LogP contribution in [-0.2, 0) is 4.79 Å². The second-order valence-electron chi connectivity index (χ2n) is 6.23. The fraction of sp³-hybridized carbons (Fsp3) is 0.238. The predicted octanol–water partition coefficient (Wildman–Crippen LogP) is 6.83. The maximum Gasteiger partial charge on any atom is 0.270 e. The van der Waals surface area contributed by atoms with E-state index in [1.807, 2.05) is 26.0 Å². The monoisotopic (exact) mass is 529 g/mol. The number of hydrogen-bond donors (Lipinski definition) is 0. The Hall–Kier alpha value is -1.61. The molecule has 0 unspecified atom stereocenters. The molecule has 1 amide bonds. The van der Waals surface area contributed by atoms with Gasteiger partial charge in [0.25, 0.3) is 5.91 Å². The van der Waals surface area contributed by atoms with Crippen LogP contribution in [0.2, 0.25) is 5.02 Å². The van der Waals surface area contributed by atoms with E-state index in [0.29, 0.717) is 39.6 Å². The number of carbonyl (C=O) groups is 1. The van der Waals surface area contributed by atoms with E-state index in [1.54, 1.807) is 6.08 Å². The summed E-state index contributed by atoms with van der Waals surface area (Å²) in [5, 5.41) is -0.0708. The lowest BCUT2D eigenvalue weighted by atomic mass is 10.1. The summed E-state index contributed by atoms with van der Waals surface area (Å²) in [6, 6.07) is 7.74. The molecule has 1 fully saturated rings. The fourth-order valence-corrected chi connectivity index (χ4v) is 4.79.